The van der Waals surface area contributed by atoms with Gasteiger partial charge in [0.1, 0.15) is 3.70 Å². The lowest BCUT2D eigenvalue weighted by atomic mass is 10.5. The van der Waals surface area contributed by atoms with Crippen molar-refractivity contribution >= 4 is 22.6 Å². The minimum absolute atomic E-state index is 0.407. The van der Waals surface area contributed by atoms with E-state index in [1.54, 1.807) is 35.6 Å². The zero-order valence-electron chi connectivity index (χ0n) is 6.39. The molecule has 0 aliphatic carbocycles. The fourth-order valence-electron chi connectivity index (χ4n) is 0.653. The van der Waals surface area contributed by atoms with E-state index in [4.69, 9.17) is 0 Å². The van der Waals surface area contributed by atoms with Crippen molar-refractivity contribution in [3.05, 3.63) is 15.5 Å². The van der Waals surface area contributed by atoms with Crippen molar-refractivity contribution in [3.8, 4) is 6.01 Å². The Balaban J connectivity index is 2.90. The summed E-state index contributed by atoms with van der Waals surface area (Å²) in [5, 5.41) is 0. The Morgan fingerprint density at radius 1 is 1.38 bits per heavy atom. The van der Waals surface area contributed by atoms with Crippen LogP contribution in [0.1, 0.15) is 5.69 Å². The average Bonchev–Trinajstić information content (AvgIpc) is 1.78. The summed E-state index contributed by atoms with van der Waals surface area (Å²) in [6, 6.07) is 0.876. The summed E-state index contributed by atoms with van der Waals surface area (Å²) in [5.41, 5.74) is 0.429. The number of halogens is 4. The second-order valence-electron chi connectivity index (χ2n) is 2.16. The monoisotopic (exact) mass is 304 g/mol. The van der Waals surface area contributed by atoms with E-state index < -0.39 is 12.4 Å². The van der Waals surface area contributed by atoms with Crippen LogP contribution in [-0.4, -0.2) is 16.3 Å². The molecule has 0 saturated heterocycles. The molecule has 0 bridgehead atoms. The van der Waals surface area contributed by atoms with Gasteiger partial charge in [0, 0.05) is 5.69 Å². The van der Waals surface area contributed by atoms with Crippen molar-refractivity contribution in [1.82, 2.24) is 9.97 Å². The SMILES string of the molecule is Cc1cc(I)nc(OC(F)(F)F)n1. The summed E-state index contributed by atoms with van der Waals surface area (Å²) in [5.74, 6) is 0. The lowest BCUT2D eigenvalue weighted by Gasteiger charge is -2.06. The van der Waals surface area contributed by atoms with Crippen LogP contribution in [0.2, 0.25) is 0 Å². The number of alkyl halides is 3. The smallest absolute Gasteiger partial charge is 0.371 e. The number of aromatic nitrogens is 2. The van der Waals surface area contributed by atoms with E-state index in [2.05, 4.69) is 14.7 Å². The Morgan fingerprint density at radius 3 is 2.46 bits per heavy atom. The van der Waals surface area contributed by atoms with Crippen LogP contribution in [0.5, 0.6) is 6.01 Å². The molecule has 7 heteroatoms. The molecule has 0 aliphatic rings. The summed E-state index contributed by atoms with van der Waals surface area (Å²) in [4.78, 5) is 6.91. The van der Waals surface area contributed by atoms with Gasteiger partial charge in [0.15, 0.2) is 0 Å². The minimum Gasteiger partial charge on any atom is -0.371 e. The van der Waals surface area contributed by atoms with Gasteiger partial charge in [-0.05, 0) is 35.6 Å². The fourth-order valence-corrected chi connectivity index (χ4v) is 1.31. The molecule has 0 fully saturated rings. The van der Waals surface area contributed by atoms with E-state index in [1.165, 1.54) is 0 Å². The van der Waals surface area contributed by atoms with Crippen LogP contribution in [0, 0.1) is 10.6 Å². The van der Waals surface area contributed by atoms with Crippen molar-refractivity contribution in [3.63, 3.8) is 0 Å². The van der Waals surface area contributed by atoms with Crippen LogP contribution in [0.4, 0.5) is 13.2 Å². The lowest BCUT2D eigenvalue weighted by Crippen LogP contribution is -2.19. The van der Waals surface area contributed by atoms with Gasteiger partial charge in [-0.15, -0.1) is 13.2 Å². The van der Waals surface area contributed by atoms with Crippen molar-refractivity contribution in [2.75, 3.05) is 0 Å². The number of hydrogen-bond donors (Lipinski definition) is 0. The molecule has 1 aromatic heterocycles. The number of ether oxygens (including phenoxy) is 1. The van der Waals surface area contributed by atoms with Crippen molar-refractivity contribution in [2.24, 2.45) is 0 Å². The standard InChI is InChI=1S/C6H4F3IN2O/c1-3-2-4(10)12-5(11-3)13-6(7,8)9/h2H,1H3. The first-order chi connectivity index (χ1) is 5.87. The maximum absolute atomic E-state index is 11.7. The van der Waals surface area contributed by atoms with Gasteiger partial charge >= 0.3 is 12.4 Å². The van der Waals surface area contributed by atoms with Crippen LogP contribution in [-0.2, 0) is 0 Å². The quantitative estimate of drug-likeness (QED) is 0.590. The zero-order valence-corrected chi connectivity index (χ0v) is 8.55. The number of aryl methyl sites for hydroxylation is 1. The molecule has 0 unspecified atom stereocenters. The molecule has 3 nitrogen and oxygen atoms in total. The third-order valence-corrected chi connectivity index (χ3v) is 1.56. The van der Waals surface area contributed by atoms with E-state index in [9.17, 15) is 13.2 Å². The Labute approximate surface area is 85.5 Å². The first-order valence-corrected chi connectivity index (χ1v) is 4.21. The van der Waals surface area contributed by atoms with Gasteiger partial charge in [0.05, 0.1) is 0 Å². The Kier molecular flexibility index (Phi) is 2.94. The highest BCUT2D eigenvalue weighted by Crippen LogP contribution is 2.19. The Bertz CT molecular complexity index is 295. The molecule has 0 radical (unpaired) electrons. The molecule has 0 spiro atoms. The molecule has 0 amide bonds. The minimum atomic E-state index is -4.74. The molecule has 0 aliphatic heterocycles. The molecule has 1 heterocycles. The number of hydrogen-bond acceptors (Lipinski definition) is 3. The summed E-state index contributed by atoms with van der Waals surface area (Å²) >= 11 is 1.78. The van der Waals surface area contributed by atoms with Crippen LogP contribution < -0.4 is 4.74 Å². The summed E-state index contributed by atoms with van der Waals surface area (Å²) in [7, 11) is 0. The van der Waals surface area contributed by atoms with Crippen LogP contribution in [0.3, 0.4) is 0 Å². The van der Waals surface area contributed by atoms with E-state index in [1.807, 2.05) is 0 Å². The third-order valence-electron chi connectivity index (χ3n) is 1.01. The highest BCUT2D eigenvalue weighted by molar-refractivity contribution is 14.1. The van der Waals surface area contributed by atoms with Gasteiger partial charge in [-0.3, -0.25) is 0 Å². The van der Waals surface area contributed by atoms with E-state index in [0.717, 1.165) is 0 Å². The fraction of sp³-hybridized carbons (Fsp3) is 0.333. The van der Waals surface area contributed by atoms with Gasteiger partial charge < -0.3 is 4.74 Å². The van der Waals surface area contributed by atoms with E-state index in [0.29, 0.717) is 9.39 Å². The highest BCUT2D eigenvalue weighted by atomic mass is 127. The zero-order chi connectivity index (χ0) is 10.1. The summed E-state index contributed by atoms with van der Waals surface area (Å²) in [6.45, 7) is 1.56. The Hall–Kier alpha value is -0.600. The van der Waals surface area contributed by atoms with Gasteiger partial charge in [0.2, 0.25) is 0 Å². The maximum Gasteiger partial charge on any atom is 0.575 e. The molecule has 0 saturated carbocycles. The summed E-state index contributed by atoms with van der Waals surface area (Å²) < 4.78 is 39.0. The van der Waals surface area contributed by atoms with Crippen molar-refractivity contribution in [1.29, 1.82) is 0 Å². The summed E-state index contributed by atoms with van der Waals surface area (Å²) in [6.07, 6.45) is -4.74. The molecule has 13 heavy (non-hydrogen) atoms. The molecule has 0 N–H and O–H groups in total. The second kappa shape index (κ2) is 3.64. The molecular weight excluding hydrogens is 300 g/mol. The topological polar surface area (TPSA) is 35.0 Å². The van der Waals surface area contributed by atoms with Gasteiger partial charge in [-0.2, -0.15) is 4.98 Å². The predicted molar refractivity (Wildman–Crippen MR) is 46.2 cm³/mol. The first kappa shape index (κ1) is 10.5. The maximum atomic E-state index is 11.7. The molecule has 1 aromatic rings. The van der Waals surface area contributed by atoms with Crippen LogP contribution in [0.15, 0.2) is 6.07 Å². The molecule has 0 atom stereocenters. The van der Waals surface area contributed by atoms with Crippen LogP contribution in [0.25, 0.3) is 0 Å². The number of rotatable bonds is 1. The first-order valence-electron chi connectivity index (χ1n) is 3.14. The highest BCUT2D eigenvalue weighted by Gasteiger charge is 2.32. The third kappa shape index (κ3) is 3.75. The average molecular weight is 304 g/mol. The normalized spacial score (nSPS) is 11.5. The van der Waals surface area contributed by atoms with Crippen molar-refractivity contribution in [2.45, 2.75) is 13.3 Å². The molecule has 72 valence electrons. The van der Waals surface area contributed by atoms with Crippen LogP contribution >= 0.6 is 22.6 Å². The predicted octanol–water partition coefficient (Wildman–Crippen LogP) is 2.29. The largest absolute Gasteiger partial charge is 0.575 e. The van der Waals surface area contributed by atoms with Gasteiger partial charge in [-0.25, -0.2) is 4.98 Å². The second-order valence-corrected chi connectivity index (χ2v) is 3.27. The lowest BCUT2D eigenvalue weighted by molar-refractivity contribution is -0.277. The molecule has 0 aromatic carbocycles. The van der Waals surface area contributed by atoms with E-state index in [-0.39, 0.29) is 0 Å². The number of nitrogens with zero attached hydrogens (tertiary/aromatic N) is 2. The van der Waals surface area contributed by atoms with Gasteiger partial charge in [0.25, 0.3) is 0 Å². The van der Waals surface area contributed by atoms with E-state index >= 15 is 0 Å². The Morgan fingerprint density at radius 2 is 2.00 bits per heavy atom. The van der Waals surface area contributed by atoms with Crippen molar-refractivity contribution < 1.29 is 17.9 Å². The molecular formula is C6H4F3IN2O. The van der Waals surface area contributed by atoms with Gasteiger partial charge in [-0.1, -0.05) is 0 Å². The molecule has 1 rings (SSSR count).